The first kappa shape index (κ1) is 24.2. The van der Waals surface area contributed by atoms with Crippen molar-refractivity contribution in [2.75, 3.05) is 12.8 Å². The number of hydrogen-bond donors (Lipinski definition) is 4. The summed E-state index contributed by atoms with van der Waals surface area (Å²) < 4.78 is 4.98. The van der Waals surface area contributed by atoms with Gasteiger partial charge in [0.25, 0.3) is 0 Å². The molecular formula is C22H33ClN4O3. The number of aromatic nitrogens is 2. The molecular weight excluding hydrogens is 404 g/mol. The Labute approximate surface area is 183 Å². The van der Waals surface area contributed by atoms with Crippen LogP contribution in [0.15, 0.2) is 12.1 Å². The molecule has 1 saturated carbocycles. The van der Waals surface area contributed by atoms with Gasteiger partial charge < -0.3 is 26.4 Å². The Morgan fingerprint density at radius 2 is 1.93 bits per heavy atom. The first-order valence-electron chi connectivity index (χ1n) is 10.3. The zero-order valence-electron chi connectivity index (χ0n) is 18.2. The van der Waals surface area contributed by atoms with Crippen molar-refractivity contribution in [2.24, 2.45) is 11.1 Å². The van der Waals surface area contributed by atoms with Crippen LogP contribution in [0.2, 0.25) is 5.02 Å². The molecule has 8 heteroatoms. The molecule has 0 spiro atoms. The van der Waals surface area contributed by atoms with E-state index in [0.29, 0.717) is 28.4 Å². The Bertz CT molecular complexity index is 872. The summed E-state index contributed by atoms with van der Waals surface area (Å²) >= 11 is 6.13. The SMILES string of the molecule is CCC1(CC)CCC[C@H]1N.COc1ccc(-c2nc(CO)c(N)nc2C)c(Cl)c1O. The number of phenols is 1. The summed E-state index contributed by atoms with van der Waals surface area (Å²) in [4.78, 5) is 8.36. The summed E-state index contributed by atoms with van der Waals surface area (Å²) in [5.41, 5.74) is 14.0. The molecule has 30 heavy (non-hydrogen) atoms. The predicted molar refractivity (Wildman–Crippen MR) is 121 cm³/mol. The van der Waals surface area contributed by atoms with E-state index < -0.39 is 0 Å². The fourth-order valence-corrected chi connectivity index (χ4v) is 4.38. The van der Waals surface area contributed by atoms with E-state index in [1.807, 2.05) is 0 Å². The summed E-state index contributed by atoms with van der Waals surface area (Å²) in [6.07, 6.45) is 6.50. The molecule has 1 heterocycles. The molecule has 6 N–H and O–H groups in total. The van der Waals surface area contributed by atoms with E-state index >= 15 is 0 Å². The first-order chi connectivity index (χ1) is 14.2. The van der Waals surface area contributed by atoms with Crippen molar-refractivity contribution in [3.05, 3.63) is 28.5 Å². The zero-order chi connectivity index (χ0) is 22.5. The van der Waals surface area contributed by atoms with E-state index in [9.17, 15) is 10.2 Å². The Hall–Kier alpha value is -2.09. The molecule has 0 radical (unpaired) electrons. The van der Waals surface area contributed by atoms with Gasteiger partial charge in [-0.15, -0.1) is 0 Å². The smallest absolute Gasteiger partial charge is 0.177 e. The lowest BCUT2D eigenvalue weighted by molar-refractivity contribution is 0.237. The number of nitrogens with two attached hydrogens (primary N) is 2. The van der Waals surface area contributed by atoms with E-state index in [2.05, 4.69) is 23.8 Å². The topological polar surface area (TPSA) is 128 Å². The second-order valence-electron chi connectivity index (χ2n) is 7.69. The third kappa shape index (κ3) is 4.79. The first-order valence-corrected chi connectivity index (χ1v) is 10.7. The second-order valence-corrected chi connectivity index (χ2v) is 8.07. The Morgan fingerprint density at radius 3 is 2.40 bits per heavy atom. The molecule has 0 saturated heterocycles. The maximum absolute atomic E-state index is 9.93. The predicted octanol–water partition coefficient (Wildman–Crippen LogP) is 4.20. The lowest BCUT2D eigenvalue weighted by Crippen LogP contribution is -2.35. The number of aliphatic hydroxyl groups excluding tert-OH is 1. The number of methoxy groups -OCH3 is 1. The van der Waals surface area contributed by atoms with Crippen molar-refractivity contribution in [3.8, 4) is 22.8 Å². The highest BCUT2D eigenvalue weighted by atomic mass is 35.5. The molecule has 1 fully saturated rings. The van der Waals surface area contributed by atoms with Crippen molar-refractivity contribution >= 4 is 17.4 Å². The molecule has 0 unspecified atom stereocenters. The molecule has 1 aromatic carbocycles. The zero-order valence-corrected chi connectivity index (χ0v) is 19.0. The standard InChI is InChI=1S/C13H14ClN3O3.C9H19N/c1-6-11(17-8(5-18)13(15)16-6)7-3-4-9(20-2)12(19)10(7)14;1-3-9(4-2)7-5-6-8(9)10/h3-4,18-19H,5H2,1-2H3,(H2,15,16);8H,3-7,10H2,1-2H3/t;8-/m.1/s1. The summed E-state index contributed by atoms with van der Waals surface area (Å²) in [6.45, 7) is 5.94. The minimum atomic E-state index is -0.328. The maximum Gasteiger partial charge on any atom is 0.177 e. The molecule has 0 amide bonds. The van der Waals surface area contributed by atoms with Crippen molar-refractivity contribution < 1.29 is 14.9 Å². The number of halogens is 1. The highest BCUT2D eigenvalue weighted by molar-refractivity contribution is 6.35. The minimum Gasteiger partial charge on any atom is -0.503 e. The third-order valence-electron chi connectivity index (χ3n) is 6.26. The summed E-state index contributed by atoms with van der Waals surface area (Å²) in [5, 5.41) is 19.2. The number of nitrogens with zero attached hydrogens (tertiary/aromatic N) is 2. The number of benzene rings is 1. The lowest BCUT2D eigenvalue weighted by atomic mass is 9.78. The molecule has 0 bridgehead atoms. The molecule has 0 aliphatic heterocycles. The summed E-state index contributed by atoms with van der Waals surface area (Å²) in [5.74, 6) is 0.264. The van der Waals surface area contributed by atoms with Crippen molar-refractivity contribution in [3.63, 3.8) is 0 Å². The van der Waals surface area contributed by atoms with E-state index in [0.717, 1.165) is 0 Å². The number of rotatable bonds is 5. The molecule has 2 aromatic rings. The molecule has 1 aliphatic rings. The number of aryl methyl sites for hydroxylation is 1. The van der Waals surface area contributed by atoms with Crippen LogP contribution in [0.1, 0.15) is 57.3 Å². The monoisotopic (exact) mass is 436 g/mol. The largest absolute Gasteiger partial charge is 0.503 e. The van der Waals surface area contributed by atoms with Crippen molar-refractivity contribution in [1.82, 2.24) is 9.97 Å². The van der Waals surface area contributed by atoms with Crippen molar-refractivity contribution in [1.29, 1.82) is 0 Å². The van der Waals surface area contributed by atoms with Gasteiger partial charge in [-0.3, -0.25) is 0 Å². The number of nitrogen functional groups attached to an aromatic ring is 1. The highest BCUT2D eigenvalue weighted by Gasteiger charge is 2.37. The minimum absolute atomic E-state index is 0.107. The van der Waals surface area contributed by atoms with E-state index in [-0.39, 0.29) is 34.6 Å². The number of aromatic hydroxyl groups is 1. The molecule has 166 valence electrons. The van der Waals surface area contributed by atoms with Crippen LogP contribution in [-0.4, -0.2) is 33.3 Å². The van der Waals surface area contributed by atoms with Gasteiger partial charge in [0.1, 0.15) is 11.5 Å². The third-order valence-corrected chi connectivity index (χ3v) is 6.64. The van der Waals surface area contributed by atoms with Gasteiger partial charge >= 0.3 is 0 Å². The average Bonchev–Trinajstić information content (AvgIpc) is 3.12. The van der Waals surface area contributed by atoms with Crippen LogP contribution in [0.3, 0.4) is 0 Å². The van der Waals surface area contributed by atoms with Crippen molar-refractivity contribution in [2.45, 2.75) is 65.5 Å². The number of hydrogen-bond acceptors (Lipinski definition) is 7. The Balaban J connectivity index is 0.000000269. The quantitative estimate of drug-likeness (QED) is 0.552. The van der Waals surface area contributed by atoms with Gasteiger partial charge in [0, 0.05) is 11.6 Å². The Morgan fingerprint density at radius 1 is 1.27 bits per heavy atom. The molecule has 1 aromatic heterocycles. The van der Waals surface area contributed by atoms with Gasteiger partial charge in [0.05, 0.1) is 30.1 Å². The second kappa shape index (κ2) is 10.3. The van der Waals surface area contributed by atoms with E-state index in [1.165, 1.54) is 39.2 Å². The average molecular weight is 437 g/mol. The Kier molecular flexibility index (Phi) is 8.29. The van der Waals surface area contributed by atoms with Gasteiger partial charge in [-0.1, -0.05) is 31.9 Å². The van der Waals surface area contributed by atoms with Crippen LogP contribution < -0.4 is 16.2 Å². The van der Waals surface area contributed by atoms with Gasteiger partial charge in [-0.05, 0) is 50.2 Å². The van der Waals surface area contributed by atoms with Crippen LogP contribution in [0.25, 0.3) is 11.3 Å². The van der Waals surface area contributed by atoms with Crippen LogP contribution in [0.5, 0.6) is 11.5 Å². The van der Waals surface area contributed by atoms with Gasteiger partial charge in [0.15, 0.2) is 11.5 Å². The van der Waals surface area contributed by atoms with Crippen LogP contribution in [0.4, 0.5) is 5.82 Å². The van der Waals surface area contributed by atoms with Crippen LogP contribution >= 0.6 is 11.6 Å². The van der Waals surface area contributed by atoms with Gasteiger partial charge in [-0.25, -0.2) is 9.97 Å². The van der Waals surface area contributed by atoms with E-state index in [1.54, 1.807) is 19.1 Å². The number of anilines is 1. The van der Waals surface area contributed by atoms with Crippen LogP contribution in [0, 0.1) is 12.3 Å². The molecule has 3 rings (SSSR count). The van der Waals surface area contributed by atoms with Gasteiger partial charge in [-0.2, -0.15) is 0 Å². The lowest BCUT2D eigenvalue weighted by Gasteiger charge is -2.30. The number of ether oxygens (including phenoxy) is 1. The fourth-order valence-electron chi connectivity index (χ4n) is 4.13. The van der Waals surface area contributed by atoms with Gasteiger partial charge in [0.2, 0.25) is 0 Å². The number of aliphatic hydroxyl groups is 1. The summed E-state index contributed by atoms with van der Waals surface area (Å²) in [6, 6.07) is 3.73. The fraction of sp³-hybridized carbons (Fsp3) is 0.545. The normalized spacial score (nSPS) is 17.4. The molecule has 1 atom stereocenters. The maximum atomic E-state index is 9.93. The van der Waals surface area contributed by atoms with E-state index in [4.69, 9.17) is 27.8 Å². The molecule has 7 nitrogen and oxygen atoms in total. The number of phenolic OH excluding ortho intramolecular Hbond substituents is 1. The highest BCUT2D eigenvalue weighted by Crippen LogP contribution is 2.43. The van der Waals surface area contributed by atoms with Crippen LogP contribution in [-0.2, 0) is 6.61 Å². The summed E-state index contributed by atoms with van der Waals surface area (Å²) in [7, 11) is 1.43. The molecule has 1 aliphatic carbocycles.